The zero-order chi connectivity index (χ0) is 21.1. The van der Waals surface area contributed by atoms with Crippen LogP contribution in [0.25, 0.3) is 10.9 Å². The van der Waals surface area contributed by atoms with E-state index in [2.05, 4.69) is 59.7 Å². The molecule has 1 amide bonds. The van der Waals surface area contributed by atoms with Gasteiger partial charge in [0.1, 0.15) is 0 Å². The van der Waals surface area contributed by atoms with Gasteiger partial charge in [-0.2, -0.15) is 0 Å². The smallest absolute Gasteiger partial charge is 0.222 e. The van der Waals surface area contributed by atoms with Crippen LogP contribution >= 0.6 is 0 Å². The van der Waals surface area contributed by atoms with Gasteiger partial charge in [-0.1, -0.05) is 32.0 Å². The van der Waals surface area contributed by atoms with Crippen LogP contribution in [-0.2, 0) is 11.2 Å². The van der Waals surface area contributed by atoms with Crippen molar-refractivity contribution in [1.29, 1.82) is 0 Å². The maximum Gasteiger partial charge on any atom is 0.222 e. The van der Waals surface area contributed by atoms with Crippen LogP contribution in [0.3, 0.4) is 0 Å². The molecule has 2 aliphatic heterocycles. The van der Waals surface area contributed by atoms with Crippen LogP contribution in [0.2, 0.25) is 0 Å². The predicted molar refractivity (Wildman–Crippen MR) is 124 cm³/mol. The van der Waals surface area contributed by atoms with Gasteiger partial charge in [-0.3, -0.25) is 9.78 Å². The van der Waals surface area contributed by atoms with Crippen molar-refractivity contribution in [3.63, 3.8) is 0 Å². The van der Waals surface area contributed by atoms with Gasteiger partial charge in [0.2, 0.25) is 5.91 Å². The molecular weight excluding hydrogens is 372 g/mol. The maximum absolute atomic E-state index is 12.8. The number of piperidine rings is 1. The van der Waals surface area contributed by atoms with Crippen molar-refractivity contribution in [3.05, 3.63) is 35.5 Å². The molecule has 2 aromatic rings. The Bertz CT molecular complexity index is 880. The van der Waals surface area contributed by atoms with E-state index in [-0.39, 0.29) is 0 Å². The standard InChI is InChI=1S/C25H36N4O/c1-4-21-19(3)26-23-9-7-6-8-22(23)25(21)29-12-10-20(11-13-29)18-24(30)28-16-14-27(5-2)15-17-28/h6-9,20H,4-5,10-18H2,1-3H3. The molecule has 0 unspecified atom stereocenters. The van der Waals surface area contributed by atoms with Crippen molar-refractivity contribution >= 4 is 22.5 Å². The Morgan fingerprint density at radius 3 is 2.40 bits per heavy atom. The number of carbonyl (C=O) groups excluding carboxylic acids is 1. The molecule has 0 aliphatic carbocycles. The maximum atomic E-state index is 12.8. The van der Waals surface area contributed by atoms with E-state index < -0.39 is 0 Å². The van der Waals surface area contributed by atoms with E-state index in [0.717, 1.165) is 82.7 Å². The van der Waals surface area contributed by atoms with E-state index in [1.54, 1.807) is 0 Å². The van der Waals surface area contributed by atoms with Crippen LogP contribution in [-0.4, -0.2) is 66.5 Å². The number of hydrogen-bond donors (Lipinski definition) is 0. The molecular formula is C25H36N4O. The number of amides is 1. The lowest BCUT2D eigenvalue weighted by Crippen LogP contribution is -2.49. The van der Waals surface area contributed by atoms with Gasteiger partial charge in [-0.25, -0.2) is 0 Å². The van der Waals surface area contributed by atoms with E-state index in [0.29, 0.717) is 11.8 Å². The molecule has 2 aliphatic rings. The Kier molecular flexibility index (Phi) is 6.57. The Morgan fingerprint density at radius 1 is 1.03 bits per heavy atom. The van der Waals surface area contributed by atoms with Crippen molar-refractivity contribution in [3.8, 4) is 0 Å². The first kappa shape index (κ1) is 21.1. The quantitative estimate of drug-likeness (QED) is 0.753. The number of likely N-dealkylation sites (N-methyl/N-ethyl adjacent to an activating group) is 1. The van der Waals surface area contributed by atoms with Crippen molar-refractivity contribution in [2.45, 2.75) is 46.5 Å². The molecule has 4 rings (SSSR count). The average Bonchev–Trinajstić information content (AvgIpc) is 2.78. The first-order valence-corrected chi connectivity index (χ1v) is 11.7. The number of fused-ring (bicyclic) bond motifs is 1. The minimum absolute atomic E-state index is 0.364. The van der Waals surface area contributed by atoms with Gasteiger partial charge in [0.25, 0.3) is 0 Å². The lowest BCUT2D eigenvalue weighted by Gasteiger charge is -2.37. The molecule has 0 radical (unpaired) electrons. The number of rotatable bonds is 5. The molecule has 0 N–H and O–H groups in total. The fourth-order valence-electron chi connectivity index (χ4n) is 5.19. The topological polar surface area (TPSA) is 39.7 Å². The molecule has 1 aromatic carbocycles. The largest absolute Gasteiger partial charge is 0.371 e. The summed E-state index contributed by atoms with van der Waals surface area (Å²) in [4.78, 5) is 24.7. The summed E-state index contributed by atoms with van der Waals surface area (Å²) < 4.78 is 0. The Labute approximate surface area is 181 Å². The van der Waals surface area contributed by atoms with E-state index in [1.807, 2.05) is 0 Å². The molecule has 3 heterocycles. The fourth-order valence-corrected chi connectivity index (χ4v) is 5.19. The van der Waals surface area contributed by atoms with Crippen molar-refractivity contribution < 1.29 is 4.79 Å². The minimum Gasteiger partial charge on any atom is -0.371 e. The summed E-state index contributed by atoms with van der Waals surface area (Å²) in [7, 11) is 0. The number of hydrogen-bond acceptors (Lipinski definition) is 4. The second-order valence-electron chi connectivity index (χ2n) is 8.84. The van der Waals surface area contributed by atoms with Crippen LogP contribution in [0, 0.1) is 12.8 Å². The zero-order valence-corrected chi connectivity index (χ0v) is 18.9. The molecule has 1 aromatic heterocycles. The Balaban J connectivity index is 1.41. The molecule has 0 saturated carbocycles. The summed E-state index contributed by atoms with van der Waals surface area (Å²) in [6, 6.07) is 8.52. The molecule has 0 atom stereocenters. The minimum atomic E-state index is 0.364. The number of nitrogens with zero attached hydrogens (tertiary/aromatic N) is 4. The van der Waals surface area contributed by atoms with E-state index >= 15 is 0 Å². The monoisotopic (exact) mass is 408 g/mol. The summed E-state index contributed by atoms with van der Waals surface area (Å²) in [5.74, 6) is 0.876. The Morgan fingerprint density at radius 2 is 1.73 bits per heavy atom. The summed E-state index contributed by atoms with van der Waals surface area (Å²) in [6.45, 7) is 13.5. The highest BCUT2D eigenvalue weighted by molar-refractivity contribution is 5.94. The van der Waals surface area contributed by atoms with Crippen LogP contribution in [0.5, 0.6) is 0 Å². The van der Waals surface area contributed by atoms with Crippen molar-refractivity contribution in [2.24, 2.45) is 5.92 Å². The van der Waals surface area contributed by atoms with Gasteiger partial charge in [-0.05, 0) is 50.3 Å². The lowest BCUT2D eigenvalue weighted by atomic mass is 9.91. The molecule has 5 nitrogen and oxygen atoms in total. The summed E-state index contributed by atoms with van der Waals surface area (Å²) in [5, 5.41) is 1.27. The van der Waals surface area contributed by atoms with Gasteiger partial charge >= 0.3 is 0 Å². The summed E-state index contributed by atoms with van der Waals surface area (Å²) in [6.07, 6.45) is 3.91. The van der Waals surface area contributed by atoms with E-state index in [9.17, 15) is 4.79 Å². The normalized spacial score (nSPS) is 18.9. The average molecular weight is 409 g/mol. The van der Waals surface area contributed by atoms with Gasteiger partial charge in [-0.15, -0.1) is 0 Å². The predicted octanol–water partition coefficient (Wildman–Crippen LogP) is 3.88. The number of aryl methyl sites for hydroxylation is 1. The molecule has 0 spiro atoms. The van der Waals surface area contributed by atoms with E-state index in [4.69, 9.17) is 4.98 Å². The molecule has 0 bridgehead atoms. The number of pyridine rings is 1. The molecule has 5 heteroatoms. The van der Waals surface area contributed by atoms with Crippen LogP contribution in [0.15, 0.2) is 24.3 Å². The first-order valence-electron chi connectivity index (χ1n) is 11.7. The molecule has 2 saturated heterocycles. The molecule has 2 fully saturated rings. The van der Waals surface area contributed by atoms with Crippen molar-refractivity contribution in [1.82, 2.24) is 14.8 Å². The van der Waals surface area contributed by atoms with E-state index in [1.165, 1.54) is 16.6 Å². The van der Waals surface area contributed by atoms with Gasteiger partial charge < -0.3 is 14.7 Å². The third kappa shape index (κ3) is 4.31. The lowest BCUT2D eigenvalue weighted by molar-refractivity contribution is -0.134. The number of para-hydroxylation sites is 1. The summed E-state index contributed by atoms with van der Waals surface area (Å²) >= 11 is 0. The third-order valence-electron chi connectivity index (χ3n) is 7.09. The van der Waals surface area contributed by atoms with Gasteiger partial charge in [0, 0.05) is 56.8 Å². The highest BCUT2D eigenvalue weighted by Gasteiger charge is 2.27. The van der Waals surface area contributed by atoms with Gasteiger partial charge in [0.15, 0.2) is 0 Å². The van der Waals surface area contributed by atoms with Crippen LogP contribution < -0.4 is 4.90 Å². The number of anilines is 1. The number of benzene rings is 1. The van der Waals surface area contributed by atoms with Crippen LogP contribution in [0.1, 0.15) is 44.4 Å². The summed E-state index contributed by atoms with van der Waals surface area (Å²) in [5.41, 5.74) is 4.98. The fraction of sp³-hybridized carbons (Fsp3) is 0.600. The second kappa shape index (κ2) is 9.34. The third-order valence-corrected chi connectivity index (χ3v) is 7.09. The first-order chi connectivity index (χ1) is 14.6. The number of piperazine rings is 1. The van der Waals surface area contributed by atoms with Gasteiger partial charge in [0.05, 0.1) is 11.2 Å². The highest BCUT2D eigenvalue weighted by atomic mass is 16.2. The molecule has 162 valence electrons. The second-order valence-corrected chi connectivity index (χ2v) is 8.84. The van der Waals surface area contributed by atoms with Crippen LogP contribution in [0.4, 0.5) is 5.69 Å². The SMILES string of the molecule is CCc1c(C)nc2ccccc2c1N1CCC(CC(=O)N2CCN(CC)CC2)CC1. The number of aromatic nitrogens is 1. The number of carbonyl (C=O) groups is 1. The van der Waals surface area contributed by atoms with Crippen molar-refractivity contribution in [2.75, 3.05) is 50.7 Å². The zero-order valence-electron chi connectivity index (χ0n) is 18.9. The highest BCUT2D eigenvalue weighted by Crippen LogP contribution is 2.35. The molecule has 30 heavy (non-hydrogen) atoms. The Hall–Kier alpha value is -2.14.